The number of anilines is 2. The first kappa shape index (κ1) is 10.8. The molecule has 0 aromatic heterocycles. The molecule has 0 radical (unpaired) electrons. The van der Waals surface area contributed by atoms with Crippen molar-refractivity contribution in [1.82, 2.24) is 4.90 Å². The van der Waals surface area contributed by atoms with Gasteiger partial charge in [-0.05, 0) is 32.3 Å². The average molecular weight is 197 g/mol. The number of nitrogens with zero attached hydrogens (tertiary/aromatic N) is 1. The molecule has 0 aliphatic rings. The molecule has 1 aromatic carbocycles. The summed E-state index contributed by atoms with van der Waals surface area (Å²) in [6, 6.07) is 4.46. The van der Waals surface area contributed by atoms with Crippen molar-refractivity contribution < 1.29 is 4.39 Å². The van der Waals surface area contributed by atoms with Crippen LogP contribution in [0.15, 0.2) is 18.2 Å². The first-order valence-electron chi connectivity index (χ1n) is 4.52. The minimum Gasteiger partial charge on any atom is -0.399 e. The zero-order valence-corrected chi connectivity index (χ0v) is 8.55. The molecule has 0 unspecified atom stereocenters. The van der Waals surface area contributed by atoms with E-state index in [2.05, 4.69) is 10.2 Å². The Morgan fingerprint density at radius 1 is 1.36 bits per heavy atom. The lowest BCUT2D eigenvalue weighted by molar-refractivity contribution is 0.425. The topological polar surface area (TPSA) is 41.3 Å². The molecule has 4 heteroatoms. The van der Waals surface area contributed by atoms with Gasteiger partial charge in [0.15, 0.2) is 0 Å². The Balaban J connectivity index is 2.50. The van der Waals surface area contributed by atoms with Crippen LogP contribution in [0.5, 0.6) is 0 Å². The summed E-state index contributed by atoms with van der Waals surface area (Å²) < 4.78 is 12.9. The van der Waals surface area contributed by atoms with E-state index < -0.39 is 0 Å². The molecule has 0 spiro atoms. The van der Waals surface area contributed by atoms with E-state index in [1.54, 1.807) is 6.07 Å². The number of nitrogens with two attached hydrogens (primary N) is 1. The maximum Gasteiger partial charge on any atom is 0.127 e. The number of hydrogen-bond acceptors (Lipinski definition) is 3. The van der Waals surface area contributed by atoms with Crippen LogP contribution in [0.3, 0.4) is 0 Å². The second-order valence-corrected chi connectivity index (χ2v) is 3.50. The highest BCUT2D eigenvalue weighted by molar-refractivity contribution is 5.54. The van der Waals surface area contributed by atoms with Gasteiger partial charge in [-0.1, -0.05) is 0 Å². The van der Waals surface area contributed by atoms with Crippen molar-refractivity contribution in [3.63, 3.8) is 0 Å². The molecule has 0 heterocycles. The zero-order valence-electron chi connectivity index (χ0n) is 8.55. The minimum atomic E-state index is -0.308. The molecule has 0 aliphatic carbocycles. The SMILES string of the molecule is CN(C)CCNc1cc(N)cc(F)c1. The molecular formula is C10H16FN3. The van der Waals surface area contributed by atoms with E-state index in [1.165, 1.54) is 12.1 Å². The maximum absolute atomic E-state index is 12.9. The van der Waals surface area contributed by atoms with Gasteiger partial charge in [-0.25, -0.2) is 4.39 Å². The Bertz CT molecular complexity index is 279. The highest BCUT2D eigenvalue weighted by atomic mass is 19.1. The number of likely N-dealkylation sites (N-methyl/N-ethyl adjacent to an activating group) is 1. The van der Waals surface area contributed by atoms with Gasteiger partial charge in [-0.3, -0.25) is 0 Å². The van der Waals surface area contributed by atoms with Crippen LogP contribution in [-0.4, -0.2) is 32.1 Å². The predicted molar refractivity (Wildman–Crippen MR) is 57.9 cm³/mol. The molecule has 0 atom stereocenters. The van der Waals surface area contributed by atoms with Crippen molar-refractivity contribution in [3.05, 3.63) is 24.0 Å². The lowest BCUT2D eigenvalue weighted by atomic mass is 10.2. The van der Waals surface area contributed by atoms with Crippen molar-refractivity contribution in [1.29, 1.82) is 0 Å². The lowest BCUT2D eigenvalue weighted by Gasteiger charge is -2.11. The highest BCUT2D eigenvalue weighted by Gasteiger charge is 1.97. The molecule has 1 rings (SSSR count). The quantitative estimate of drug-likeness (QED) is 0.716. The fraction of sp³-hybridized carbons (Fsp3) is 0.400. The smallest absolute Gasteiger partial charge is 0.127 e. The van der Waals surface area contributed by atoms with Gasteiger partial charge in [-0.2, -0.15) is 0 Å². The molecule has 0 amide bonds. The Morgan fingerprint density at radius 2 is 2.07 bits per heavy atom. The van der Waals surface area contributed by atoms with E-state index in [0.717, 1.165) is 18.8 Å². The van der Waals surface area contributed by atoms with Crippen molar-refractivity contribution in [2.75, 3.05) is 38.2 Å². The van der Waals surface area contributed by atoms with Crippen LogP contribution in [0, 0.1) is 5.82 Å². The molecule has 0 fully saturated rings. The van der Waals surface area contributed by atoms with Crippen LogP contribution in [0.1, 0.15) is 0 Å². The number of nitrogens with one attached hydrogen (secondary N) is 1. The van der Waals surface area contributed by atoms with Crippen LogP contribution >= 0.6 is 0 Å². The Morgan fingerprint density at radius 3 is 2.64 bits per heavy atom. The monoisotopic (exact) mass is 197 g/mol. The van der Waals surface area contributed by atoms with Gasteiger partial charge < -0.3 is 16.0 Å². The third kappa shape index (κ3) is 3.62. The summed E-state index contributed by atoms with van der Waals surface area (Å²) in [5.41, 5.74) is 6.67. The van der Waals surface area contributed by atoms with Gasteiger partial charge >= 0.3 is 0 Å². The van der Waals surface area contributed by atoms with E-state index in [9.17, 15) is 4.39 Å². The summed E-state index contributed by atoms with van der Waals surface area (Å²) in [7, 11) is 3.98. The summed E-state index contributed by atoms with van der Waals surface area (Å²) in [6.07, 6.45) is 0. The van der Waals surface area contributed by atoms with Gasteiger partial charge in [0.2, 0.25) is 0 Å². The van der Waals surface area contributed by atoms with Crippen molar-refractivity contribution in [3.8, 4) is 0 Å². The van der Waals surface area contributed by atoms with E-state index >= 15 is 0 Å². The number of rotatable bonds is 4. The van der Waals surface area contributed by atoms with Crippen LogP contribution in [0.4, 0.5) is 15.8 Å². The van der Waals surface area contributed by atoms with Crippen molar-refractivity contribution in [2.24, 2.45) is 0 Å². The number of nitrogen functional groups attached to an aromatic ring is 1. The van der Waals surface area contributed by atoms with Crippen LogP contribution in [-0.2, 0) is 0 Å². The molecule has 0 aliphatic heterocycles. The molecule has 3 N–H and O–H groups in total. The second kappa shape index (κ2) is 4.81. The third-order valence-corrected chi connectivity index (χ3v) is 1.81. The average Bonchev–Trinajstić information content (AvgIpc) is 2.01. The van der Waals surface area contributed by atoms with Gasteiger partial charge in [-0.15, -0.1) is 0 Å². The lowest BCUT2D eigenvalue weighted by Crippen LogP contribution is -2.20. The molecule has 0 saturated heterocycles. The molecule has 0 bridgehead atoms. The normalized spacial score (nSPS) is 10.6. The Kier molecular flexibility index (Phi) is 3.71. The van der Waals surface area contributed by atoms with Gasteiger partial charge in [0, 0.05) is 24.5 Å². The zero-order chi connectivity index (χ0) is 10.6. The molecule has 0 saturated carbocycles. The summed E-state index contributed by atoms with van der Waals surface area (Å²) in [6.45, 7) is 1.67. The Labute approximate surface area is 83.7 Å². The maximum atomic E-state index is 12.9. The summed E-state index contributed by atoms with van der Waals surface area (Å²) in [5.74, 6) is -0.308. The van der Waals surface area contributed by atoms with Gasteiger partial charge in [0.25, 0.3) is 0 Å². The standard InChI is InChI=1S/C10H16FN3/c1-14(2)4-3-13-10-6-8(11)5-9(12)7-10/h5-7,13H,3-4,12H2,1-2H3. The molecular weight excluding hydrogens is 181 g/mol. The second-order valence-electron chi connectivity index (χ2n) is 3.50. The molecule has 14 heavy (non-hydrogen) atoms. The Hall–Kier alpha value is -1.29. The van der Waals surface area contributed by atoms with E-state index in [1.807, 2.05) is 14.1 Å². The van der Waals surface area contributed by atoms with Crippen molar-refractivity contribution >= 4 is 11.4 Å². The van der Waals surface area contributed by atoms with Crippen molar-refractivity contribution in [2.45, 2.75) is 0 Å². The third-order valence-electron chi connectivity index (χ3n) is 1.81. The highest BCUT2D eigenvalue weighted by Crippen LogP contribution is 2.14. The first-order valence-corrected chi connectivity index (χ1v) is 4.52. The van der Waals surface area contributed by atoms with Gasteiger partial charge in [0.1, 0.15) is 5.82 Å². The number of halogens is 1. The van der Waals surface area contributed by atoms with Crippen LogP contribution < -0.4 is 11.1 Å². The first-order chi connectivity index (χ1) is 6.58. The van der Waals surface area contributed by atoms with E-state index in [-0.39, 0.29) is 5.82 Å². The predicted octanol–water partition coefficient (Wildman–Crippen LogP) is 1.38. The summed E-state index contributed by atoms with van der Waals surface area (Å²) >= 11 is 0. The molecule has 3 nitrogen and oxygen atoms in total. The van der Waals surface area contributed by atoms with Gasteiger partial charge in [0.05, 0.1) is 0 Å². The largest absolute Gasteiger partial charge is 0.399 e. The molecule has 1 aromatic rings. The fourth-order valence-corrected chi connectivity index (χ4v) is 1.14. The number of hydrogen-bond donors (Lipinski definition) is 2. The molecule has 78 valence electrons. The minimum absolute atomic E-state index is 0.308. The fourth-order valence-electron chi connectivity index (χ4n) is 1.14. The van der Waals surface area contributed by atoms with E-state index in [4.69, 9.17) is 5.73 Å². The van der Waals surface area contributed by atoms with E-state index in [0.29, 0.717) is 5.69 Å². The van der Waals surface area contributed by atoms with Crippen LogP contribution in [0.25, 0.3) is 0 Å². The number of benzene rings is 1. The summed E-state index contributed by atoms with van der Waals surface area (Å²) in [5, 5.41) is 3.10. The summed E-state index contributed by atoms with van der Waals surface area (Å²) in [4.78, 5) is 2.05. The van der Waals surface area contributed by atoms with Crippen LogP contribution in [0.2, 0.25) is 0 Å².